The molecule has 1 aromatic rings. The quantitative estimate of drug-likeness (QED) is 0.777. The minimum atomic E-state index is -0.799. The molecule has 0 bridgehead atoms. The maximum atomic E-state index is 11.7. The van der Waals surface area contributed by atoms with Crippen LogP contribution in [0.25, 0.3) is 0 Å². The summed E-state index contributed by atoms with van der Waals surface area (Å²) < 4.78 is 1.58. The molecular formula is C13H17N5O2. The number of anilines is 1. The molecule has 2 rings (SSSR count). The van der Waals surface area contributed by atoms with Gasteiger partial charge < -0.3 is 5.32 Å². The molecule has 2 amide bonds. The predicted octanol–water partition coefficient (Wildman–Crippen LogP) is 0.727. The molecule has 0 spiro atoms. The Labute approximate surface area is 116 Å². The first-order valence-corrected chi connectivity index (χ1v) is 6.43. The fourth-order valence-corrected chi connectivity index (χ4v) is 1.53. The van der Waals surface area contributed by atoms with E-state index in [1.807, 2.05) is 26.8 Å². The molecule has 1 aliphatic carbocycles. The van der Waals surface area contributed by atoms with E-state index in [1.165, 1.54) is 0 Å². The first-order chi connectivity index (χ1) is 9.31. The Hall–Kier alpha value is -2.36. The summed E-state index contributed by atoms with van der Waals surface area (Å²) in [7, 11) is 0. The van der Waals surface area contributed by atoms with Crippen molar-refractivity contribution < 1.29 is 9.59 Å². The van der Waals surface area contributed by atoms with Crippen molar-refractivity contribution in [2.45, 2.75) is 45.2 Å². The lowest BCUT2D eigenvalue weighted by molar-refractivity contribution is -0.136. The highest BCUT2D eigenvalue weighted by Crippen LogP contribution is 2.20. The first-order valence-electron chi connectivity index (χ1n) is 6.43. The summed E-state index contributed by atoms with van der Waals surface area (Å²) in [6, 6.07) is 2.06. The maximum Gasteiger partial charge on any atom is 0.314 e. The molecule has 0 aromatic carbocycles. The zero-order valence-corrected chi connectivity index (χ0v) is 11.7. The van der Waals surface area contributed by atoms with Crippen LogP contribution in [0, 0.1) is 11.3 Å². The number of nitriles is 1. The Morgan fingerprint density at radius 3 is 2.55 bits per heavy atom. The molecule has 106 valence electrons. The van der Waals surface area contributed by atoms with Crippen LogP contribution in [-0.4, -0.2) is 27.6 Å². The number of carbonyl (C=O) groups excluding carboxylic acids is 2. The molecule has 0 atom stereocenters. The van der Waals surface area contributed by atoms with Crippen LogP contribution in [0.1, 0.15) is 39.2 Å². The highest BCUT2D eigenvalue weighted by Gasteiger charge is 2.27. The van der Waals surface area contributed by atoms with Crippen LogP contribution in [0.2, 0.25) is 0 Å². The average Bonchev–Trinajstić information content (AvgIpc) is 3.06. The number of nitrogens with zero attached hydrogens (tertiary/aromatic N) is 3. The monoisotopic (exact) mass is 275 g/mol. The van der Waals surface area contributed by atoms with Gasteiger partial charge in [-0.3, -0.25) is 19.6 Å². The summed E-state index contributed by atoms with van der Waals surface area (Å²) in [6.07, 6.45) is 3.36. The van der Waals surface area contributed by atoms with Gasteiger partial charge >= 0.3 is 11.8 Å². The molecule has 7 nitrogen and oxygen atoms in total. The summed E-state index contributed by atoms with van der Waals surface area (Å²) in [5.74, 6) is -1.38. The van der Waals surface area contributed by atoms with Gasteiger partial charge in [-0.15, -0.1) is 0 Å². The van der Waals surface area contributed by atoms with Crippen molar-refractivity contribution in [3.05, 3.63) is 11.8 Å². The zero-order valence-electron chi connectivity index (χ0n) is 11.7. The molecule has 2 N–H and O–H groups in total. The predicted molar refractivity (Wildman–Crippen MR) is 71.7 cm³/mol. The Morgan fingerprint density at radius 1 is 1.40 bits per heavy atom. The van der Waals surface area contributed by atoms with E-state index in [1.54, 1.807) is 10.9 Å². The van der Waals surface area contributed by atoms with Crippen molar-refractivity contribution in [3.8, 4) is 6.07 Å². The van der Waals surface area contributed by atoms with Gasteiger partial charge in [-0.1, -0.05) is 0 Å². The van der Waals surface area contributed by atoms with Gasteiger partial charge in [0.15, 0.2) is 5.82 Å². The van der Waals surface area contributed by atoms with E-state index >= 15 is 0 Å². The number of hydrogen-bond acceptors (Lipinski definition) is 4. The summed E-state index contributed by atoms with van der Waals surface area (Å²) in [4.78, 5) is 23.3. The van der Waals surface area contributed by atoms with Gasteiger partial charge in [0.1, 0.15) is 11.6 Å². The van der Waals surface area contributed by atoms with Crippen molar-refractivity contribution in [1.82, 2.24) is 15.1 Å². The van der Waals surface area contributed by atoms with Crippen LogP contribution in [0.5, 0.6) is 0 Å². The molecule has 7 heteroatoms. The normalized spacial score (nSPS) is 14.5. The molecular weight excluding hydrogens is 258 g/mol. The number of rotatable bonds is 2. The van der Waals surface area contributed by atoms with E-state index in [4.69, 9.17) is 5.26 Å². The third-order valence-electron chi connectivity index (χ3n) is 2.87. The molecule has 0 unspecified atom stereocenters. The molecule has 1 aliphatic rings. The summed E-state index contributed by atoms with van der Waals surface area (Å²) in [5.41, 5.74) is -0.0855. The van der Waals surface area contributed by atoms with Gasteiger partial charge in [-0.05, 0) is 33.6 Å². The van der Waals surface area contributed by atoms with E-state index < -0.39 is 11.8 Å². The zero-order chi connectivity index (χ0) is 14.9. The Morgan fingerprint density at radius 2 is 2.05 bits per heavy atom. The smallest absolute Gasteiger partial charge is 0.314 e. The third-order valence-corrected chi connectivity index (χ3v) is 2.87. The number of aromatic nitrogens is 2. The lowest BCUT2D eigenvalue weighted by atomic mass is 10.1. The number of nitrogens with one attached hydrogen (secondary N) is 2. The topological polar surface area (TPSA) is 99.8 Å². The van der Waals surface area contributed by atoms with Gasteiger partial charge in [0.25, 0.3) is 0 Å². The van der Waals surface area contributed by atoms with Crippen molar-refractivity contribution >= 4 is 17.6 Å². The molecule has 0 radical (unpaired) electrons. The molecule has 0 saturated heterocycles. The van der Waals surface area contributed by atoms with Gasteiger partial charge in [0.2, 0.25) is 0 Å². The number of hydrogen-bond donors (Lipinski definition) is 2. The minimum Gasteiger partial charge on any atom is -0.345 e. The van der Waals surface area contributed by atoms with Crippen LogP contribution in [0.15, 0.2) is 6.20 Å². The van der Waals surface area contributed by atoms with Gasteiger partial charge in [0, 0.05) is 12.2 Å². The molecule has 0 aliphatic heterocycles. The fraction of sp³-hybridized carbons (Fsp3) is 0.538. The lowest BCUT2D eigenvalue weighted by Gasteiger charge is -2.18. The van der Waals surface area contributed by atoms with Crippen LogP contribution in [0.3, 0.4) is 0 Å². The molecule has 1 aromatic heterocycles. The van der Waals surface area contributed by atoms with Crippen LogP contribution in [0.4, 0.5) is 5.82 Å². The Bertz CT molecular complexity index is 587. The second kappa shape index (κ2) is 4.96. The highest BCUT2D eigenvalue weighted by molar-refractivity contribution is 6.39. The lowest BCUT2D eigenvalue weighted by Crippen LogP contribution is -2.36. The molecule has 1 fully saturated rings. The second-order valence-corrected chi connectivity index (χ2v) is 5.82. The number of carbonyl (C=O) groups is 2. The van der Waals surface area contributed by atoms with E-state index in [0.717, 1.165) is 12.8 Å². The van der Waals surface area contributed by atoms with Gasteiger partial charge in [-0.2, -0.15) is 10.4 Å². The molecule has 1 saturated carbocycles. The van der Waals surface area contributed by atoms with Crippen molar-refractivity contribution in [2.24, 2.45) is 0 Å². The summed E-state index contributed by atoms with van der Waals surface area (Å²) >= 11 is 0. The van der Waals surface area contributed by atoms with E-state index in [0.29, 0.717) is 0 Å². The molecule has 20 heavy (non-hydrogen) atoms. The third kappa shape index (κ3) is 3.15. The second-order valence-electron chi connectivity index (χ2n) is 5.82. The van der Waals surface area contributed by atoms with Crippen molar-refractivity contribution in [3.63, 3.8) is 0 Å². The summed E-state index contributed by atoms with van der Waals surface area (Å²) in [6.45, 7) is 5.77. The van der Waals surface area contributed by atoms with E-state index in [2.05, 4.69) is 15.7 Å². The fourth-order valence-electron chi connectivity index (χ4n) is 1.53. The van der Waals surface area contributed by atoms with E-state index in [9.17, 15) is 9.59 Å². The van der Waals surface area contributed by atoms with Crippen LogP contribution in [-0.2, 0) is 15.1 Å². The Balaban J connectivity index is 2.12. The SMILES string of the molecule is CC(C)(C)n1cc(C#N)c(NC(=O)C(=O)NC2CC2)n1. The number of amides is 2. The van der Waals surface area contributed by atoms with Gasteiger partial charge in [-0.25, -0.2) is 0 Å². The first kappa shape index (κ1) is 14.1. The average molecular weight is 275 g/mol. The highest BCUT2D eigenvalue weighted by atomic mass is 16.2. The van der Waals surface area contributed by atoms with Crippen molar-refractivity contribution in [1.29, 1.82) is 5.26 Å². The van der Waals surface area contributed by atoms with Crippen LogP contribution < -0.4 is 10.6 Å². The molecule has 1 heterocycles. The van der Waals surface area contributed by atoms with Crippen molar-refractivity contribution in [2.75, 3.05) is 5.32 Å². The maximum absolute atomic E-state index is 11.7. The van der Waals surface area contributed by atoms with Crippen LogP contribution >= 0.6 is 0 Å². The largest absolute Gasteiger partial charge is 0.345 e. The Kier molecular flexibility index (Phi) is 3.49. The van der Waals surface area contributed by atoms with E-state index in [-0.39, 0.29) is 23.0 Å². The minimum absolute atomic E-state index is 0.107. The van der Waals surface area contributed by atoms with Gasteiger partial charge in [0.05, 0.1) is 5.54 Å². The summed E-state index contributed by atoms with van der Waals surface area (Å²) in [5, 5.41) is 18.2. The standard InChI is InChI=1S/C13H17N5O2/c1-13(2,3)18-7-8(6-14)10(17-18)16-12(20)11(19)15-9-4-5-9/h7,9H,4-5H2,1-3H3,(H,15,19)(H,16,17,20).